The number of carbonyl (C=O) groups is 1. The van der Waals surface area contributed by atoms with Crippen molar-refractivity contribution in [2.24, 2.45) is 0 Å². The summed E-state index contributed by atoms with van der Waals surface area (Å²) in [6, 6.07) is 6.01. The number of aromatic nitrogens is 1. The van der Waals surface area contributed by atoms with Crippen LogP contribution in [0.2, 0.25) is 0 Å². The van der Waals surface area contributed by atoms with E-state index in [1.807, 2.05) is 0 Å². The molecule has 6 nitrogen and oxygen atoms in total. The van der Waals surface area contributed by atoms with Crippen molar-refractivity contribution < 1.29 is 18.7 Å². The highest BCUT2D eigenvalue weighted by Crippen LogP contribution is 2.20. The smallest absolute Gasteiger partial charge is 0.251 e. The third kappa shape index (κ3) is 3.80. The van der Waals surface area contributed by atoms with Gasteiger partial charge in [-0.05, 0) is 31.2 Å². The number of nitrogens with zero attached hydrogens (tertiary/aromatic N) is 3. The molecule has 0 radical (unpaired) electrons. The van der Waals surface area contributed by atoms with Gasteiger partial charge in [0.25, 0.3) is 5.91 Å². The standard InChI is InChI=1S/C17H20FN3O3/c1-12(22)17(23)21-8-6-20(7-9-21)10-15-11-24-16(19-15)13-2-4-14(18)5-3-13/h2-5,11-12,22H,6-10H2,1H3. The zero-order chi connectivity index (χ0) is 17.1. The van der Waals surface area contributed by atoms with Gasteiger partial charge in [-0.3, -0.25) is 9.69 Å². The van der Waals surface area contributed by atoms with Gasteiger partial charge in [0.2, 0.25) is 5.89 Å². The fourth-order valence-corrected chi connectivity index (χ4v) is 2.72. The van der Waals surface area contributed by atoms with E-state index in [0.717, 1.165) is 24.3 Å². The molecule has 128 valence electrons. The molecule has 3 rings (SSSR count). The van der Waals surface area contributed by atoms with Gasteiger partial charge in [0.15, 0.2) is 0 Å². The van der Waals surface area contributed by atoms with Crippen LogP contribution >= 0.6 is 0 Å². The maximum absolute atomic E-state index is 13.0. The molecule has 0 aliphatic carbocycles. The number of oxazole rings is 1. The van der Waals surface area contributed by atoms with Crippen molar-refractivity contribution in [3.8, 4) is 11.5 Å². The molecule has 1 amide bonds. The lowest BCUT2D eigenvalue weighted by Gasteiger charge is -2.34. The van der Waals surface area contributed by atoms with E-state index in [1.165, 1.54) is 19.1 Å². The summed E-state index contributed by atoms with van der Waals surface area (Å²) in [4.78, 5) is 20.0. The SMILES string of the molecule is CC(O)C(=O)N1CCN(Cc2coc(-c3ccc(F)cc3)n2)CC1. The van der Waals surface area contributed by atoms with E-state index in [-0.39, 0.29) is 11.7 Å². The number of piperazine rings is 1. The minimum absolute atomic E-state index is 0.227. The first-order valence-corrected chi connectivity index (χ1v) is 7.92. The van der Waals surface area contributed by atoms with Crippen molar-refractivity contribution in [2.75, 3.05) is 26.2 Å². The number of benzene rings is 1. The molecule has 0 bridgehead atoms. The summed E-state index contributed by atoms with van der Waals surface area (Å²) in [6.45, 7) is 4.73. The summed E-state index contributed by atoms with van der Waals surface area (Å²) in [5.41, 5.74) is 1.53. The van der Waals surface area contributed by atoms with Crippen LogP contribution in [0.5, 0.6) is 0 Å². The number of carbonyl (C=O) groups excluding carboxylic acids is 1. The molecule has 7 heteroatoms. The Bertz CT molecular complexity index is 691. The molecule has 0 saturated carbocycles. The zero-order valence-corrected chi connectivity index (χ0v) is 13.5. The highest BCUT2D eigenvalue weighted by atomic mass is 19.1. The summed E-state index contributed by atoms with van der Waals surface area (Å²) in [6.07, 6.45) is 0.650. The van der Waals surface area contributed by atoms with E-state index in [1.54, 1.807) is 23.3 Å². The molecule has 2 heterocycles. The number of amides is 1. The van der Waals surface area contributed by atoms with Gasteiger partial charge in [-0.2, -0.15) is 0 Å². The van der Waals surface area contributed by atoms with Gasteiger partial charge in [-0.15, -0.1) is 0 Å². The number of halogens is 1. The largest absolute Gasteiger partial charge is 0.444 e. The Morgan fingerprint density at radius 1 is 1.29 bits per heavy atom. The molecule has 1 atom stereocenters. The number of aliphatic hydroxyl groups excluding tert-OH is 1. The third-order valence-corrected chi connectivity index (χ3v) is 4.07. The Morgan fingerprint density at radius 3 is 2.58 bits per heavy atom. The average Bonchev–Trinajstić information content (AvgIpc) is 3.04. The van der Waals surface area contributed by atoms with Crippen LogP contribution in [0.25, 0.3) is 11.5 Å². The fourth-order valence-electron chi connectivity index (χ4n) is 2.72. The number of rotatable bonds is 4. The molecule has 1 aromatic heterocycles. The van der Waals surface area contributed by atoms with E-state index < -0.39 is 6.10 Å². The minimum atomic E-state index is -0.953. The van der Waals surface area contributed by atoms with E-state index in [4.69, 9.17) is 4.42 Å². The zero-order valence-electron chi connectivity index (χ0n) is 13.5. The van der Waals surface area contributed by atoms with Gasteiger partial charge in [0.1, 0.15) is 18.2 Å². The van der Waals surface area contributed by atoms with Crippen LogP contribution in [0.4, 0.5) is 4.39 Å². The lowest BCUT2D eigenvalue weighted by molar-refractivity contribution is -0.141. The van der Waals surface area contributed by atoms with Crippen molar-refractivity contribution in [3.05, 3.63) is 42.0 Å². The van der Waals surface area contributed by atoms with Crippen LogP contribution in [-0.2, 0) is 11.3 Å². The monoisotopic (exact) mass is 333 g/mol. The predicted molar refractivity (Wildman–Crippen MR) is 85.4 cm³/mol. The average molecular weight is 333 g/mol. The molecular formula is C17H20FN3O3. The molecule has 1 aliphatic heterocycles. The summed E-state index contributed by atoms with van der Waals surface area (Å²) in [7, 11) is 0. The van der Waals surface area contributed by atoms with E-state index in [9.17, 15) is 14.3 Å². The molecule has 1 unspecified atom stereocenters. The van der Waals surface area contributed by atoms with Gasteiger partial charge in [0, 0.05) is 38.3 Å². The van der Waals surface area contributed by atoms with Crippen molar-refractivity contribution >= 4 is 5.91 Å². The molecule has 2 aromatic rings. The predicted octanol–water partition coefficient (Wildman–Crippen LogP) is 1.51. The summed E-state index contributed by atoms with van der Waals surface area (Å²) < 4.78 is 18.4. The first-order chi connectivity index (χ1) is 11.5. The summed E-state index contributed by atoms with van der Waals surface area (Å²) in [5.74, 6) is -0.0576. The van der Waals surface area contributed by atoms with Gasteiger partial charge in [0.05, 0.1) is 5.69 Å². The molecule has 1 aromatic carbocycles. The lowest BCUT2D eigenvalue weighted by atomic mass is 10.2. The number of aliphatic hydroxyl groups is 1. The second-order valence-corrected chi connectivity index (χ2v) is 5.93. The van der Waals surface area contributed by atoms with E-state index >= 15 is 0 Å². The number of hydrogen-bond donors (Lipinski definition) is 1. The third-order valence-electron chi connectivity index (χ3n) is 4.07. The van der Waals surface area contributed by atoms with Gasteiger partial charge in [-0.25, -0.2) is 9.37 Å². The first-order valence-electron chi connectivity index (χ1n) is 7.92. The van der Waals surface area contributed by atoms with Crippen LogP contribution in [0.1, 0.15) is 12.6 Å². The minimum Gasteiger partial charge on any atom is -0.444 e. The van der Waals surface area contributed by atoms with Crippen LogP contribution < -0.4 is 0 Å². The first kappa shape index (κ1) is 16.6. The molecular weight excluding hydrogens is 313 g/mol. The Balaban J connectivity index is 1.56. The normalized spacial score (nSPS) is 17.0. The summed E-state index contributed by atoms with van der Waals surface area (Å²) >= 11 is 0. The Labute approximate surface area is 139 Å². The van der Waals surface area contributed by atoms with Crippen molar-refractivity contribution in [3.63, 3.8) is 0 Å². The summed E-state index contributed by atoms with van der Waals surface area (Å²) in [5, 5.41) is 9.35. The van der Waals surface area contributed by atoms with Gasteiger partial charge < -0.3 is 14.4 Å². The molecule has 1 saturated heterocycles. The van der Waals surface area contributed by atoms with Crippen molar-refractivity contribution in [2.45, 2.75) is 19.6 Å². The topological polar surface area (TPSA) is 69.8 Å². The Morgan fingerprint density at radius 2 is 1.96 bits per heavy atom. The van der Waals surface area contributed by atoms with Gasteiger partial charge >= 0.3 is 0 Å². The second kappa shape index (κ2) is 7.11. The molecule has 24 heavy (non-hydrogen) atoms. The molecule has 1 aliphatic rings. The van der Waals surface area contributed by atoms with Gasteiger partial charge in [-0.1, -0.05) is 0 Å². The van der Waals surface area contributed by atoms with Crippen molar-refractivity contribution in [1.29, 1.82) is 0 Å². The van der Waals surface area contributed by atoms with Crippen LogP contribution in [0, 0.1) is 5.82 Å². The fraction of sp³-hybridized carbons (Fsp3) is 0.412. The maximum Gasteiger partial charge on any atom is 0.251 e. The highest BCUT2D eigenvalue weighted by molar-refractivity contribution is 5.80. The van der Waals surface area contributed by atoms with Crippen LogP contribution in [0.15, 0.2) is 34.9 Å². The van der Waals surface area contributed by atoms with Crippen molar-refractivity contribution in [1.82, 2.24) is 14.8 Å². The van der Waals surface area contributed by atoms with E-state index in [0.29, 0.717) is 25.5 Å². The molecule has 0 spiro atoms. The maximum atomic E-state index is 13.0. The number of hydrogen-bond acceptors (Lipinski definition) is 5. The highest BCUT2D eigenvalue weighted by Gasteiger charge is 2.24. The molecule has 1 fully saturated rings. The Hall–Kier alpha value is -2.25. The lowest BCUT2D eigenvalue weighted by Crippen LogP contribution is -2.50. The van der Waals surface area contributed by atoms with Crippen LogP contribution in [0.3, 0.4) is 0 Å². The van der Waals surface area contributed by atoms with Crippen LogP contribution in [-0.4, -0.2) is 58.1 Å². The Kier molecular flexibility index (Phi) is 4.92. The second-order valence-electron chi connectivity index (χ2n) is 5.93. The van der Waals surface area contributed by atoms with E-state index in [2.05, 4.69) is 9.88 Å². The molecule has 1 N–H and O–H groups in total. The quantitative estimate of drug-likeness (QED) is 0.918.